The molecule has 0 aliphatic heterocycles. The smallest absolute Gasteiger partial charge is 0.252 e. The van der Waals surface area contributed by atoms with Crippen LogP contribution in [0.4, 0.5) is 5.13 Å². The first-order chi connectivity index (χ1) is 14.1. The van der Waals surface area contributed by atoms with Crippen LogP contribution in [0.15, 0.2) is 41.8 Å². The van der Waals surface area contributed by atoms with Gasteiger partial charge in [-0.25, -0.2) is 4.98 Å². The van der Waals surface area contributed by atoms with Gasteiger partial charge >= 0.3 is 0 Å². The zero-order valence-corrected chi connectivity index (χ0v) is 20.0. The topological polar surface area (TPSA) is 45.7 Å². The zero-order chi connectivity index (χ0) is 20.6. The van der Waals surface area contributed by atoms with Gasteiger partial charge in [0, 0.05) is 24.0 Å². The van der Waals surface area contributed by atoms with E-state index in [0.717, 1.165) is 45.6 Å². The highest BCUT2D eigenvalue weighted by Crippen LogP contribution is 2.31. The molecule has 1 aromatic carbocycles. The van der Waals surface area contributed by atoms with Crippen molar-refractivity contribution in [2.24, 2.45) is 0 Å². The number of benzene rings is 1. The van der Waals surface area contributed by atoms with Crippen LogP contribution in [-0.2, 0) is 4.79 Å². The molecular formula is C22H28ClN3O2S2. The van der Waals surface area contributed by atoms with E-state index in [4.69, 9.17) is 9.72 Å². The van der Waals surface area contributed by atoms with Crippen LogP contribution in [-0.4, -0.2) is 48.6 Å². The number of amides is 1. The number of nitrogens with zero attached hydrogens (tertiary/aromatic N) is 3. The van der Waals surface area contributed by atoms with Crippen LogP contribution in [0.1, 0.15) is 25.6 Å². The molecule has 2 heterocycles. The molecule has 3 rings (SSSR count). The fourth-order valence-corrected chi connectivity index (χ4v) is 4.62. The second kappa shape index (κ2) is 12.1. The number of hydrogen-bond acceptors (Lipinski definition) is 6. The van der Waals surface area contributed by atoms with Gasteiger partial charge in [-0.15, -0.1) is 23.7 Å². The van der Waals surface area contributed by atoms with Gasteiger partial charge < -0.3 is 9.64 Å². The predicted octanol–water partition coefficient (Wildman–Crippen LogP) is 5.57. The largest absolute Gasteiger partial charge is 0.494 e. The number of thiophene rings is 1. The van der Waals surface area contributed by atoms with E-state index in [2.05, 4.69) is 18.7 Å². The van der Waals surface area contributed by atoms with Gasteiger partial charge in [0.1, 0.15) is 5.75 Å². The molecule has 0 spiro atoms. The van der Waals surface area contributed by atoms with Gasteiger partial charge in [-0.3, -0.25) is 9.69 Å². The molecule has 8 heteroatoms. The van der Waals surface area contributed by atoms with Crippen LogP contribution < -0.4 is 9.64 Å². The Bertz CT molecular complexity index is 953. The van der Waals surface area contributed by atoms with E-state index >= 15 is 0 Å². The molecular weight excluding hydrogens is 438 g/mol. The highest BCUT2D eigenvalue weighted by Gasteiger charge is 2.19. The molecule has 0 aliphatic rings. The molecule has 3 aromatic rings. The third-order valence-electron chi connectivity index (χ3n) is 4.62. The maximum Gasteiger partial charge on any atom is 0.252 e. The van der Waals surface area contributed by atoms with Crippen molar-refractivity contribution in [3.05, 3.63) is 46.7 Å². The number of hydrogen-bond donors (Lipinski definition) is 0. The van der Waals surface area contributed by atoms with E-state index in [9.17, 15) is 4.79 Å². The maximum absolute atomic E-state index is 13.0. The van der Waals surface area contributed by atoms with Gasteiger partial charge in [0.2, 0.25) is 0 Å². The predicted molar refractivity (Wildman–Crippen MR) is 132 cm³/mol. The molecule has 2 aromatic heterocycles. The highest BCUT2D eigenvalue weighted by atomic mass is 35.5. The fourth-order valence-electron chi connectivity index (χ4n) is 2.98. The molecule has 5 nitrogen and oxygen atoms in total. The summed E-state index contributed by atoms with van der Waals surface area (Å²) in [5.41, 5.74) is 0.885. The minimum atomic E-state index is -0.0466. The minimum absolute atomic E-state index is 0. The lowest BCUT2D eigenvalue weighted by molar-refractivity contribution is -0.114. The van der Waals surface area contributed by atoms with Crippen molar-refractivity contribution in [1.29, 1.82) is 0 Å². The first-order valence-corrected chi connectivity index (χ1v) is 11.6. The Labute approximate surface area is 192 Å². The number of aromatic nitrogens is 1. The van der Waals surface area contributed by atoms with E-state index in [1.807, 2.05) is 48.7 Å². The summed E-state index contributed by atoms with van der Waals surface area (Å²) >= 11 is 3.14. The molecule has 0 radical (unpaired) electrons. The number of likely N-dealkylation sites (N-methyl/N-ethyl adjacent to an activating group) is 1. The molecule has 1 amide bonds. The second-order valence-corrected chi connectivity index (χ2v) is 8.41. The SMILES string of the molecule is CCOc1ccc2nc(N(CCN(CC)CC)C(=O)C=Cc3cccs3)sc2c1.Cl. The molecule has 0 fully saturated rings. The molecule has 0 N–H and O–H groups in total. The maximum atomic E-state index is 13.0. The number of halogens is 1. The lowest BCUT2D eigenvalue weighted by Crippen LogP contribution is -2.38. The highest BCUT2D eigenvalue weighted by molar-refractivity contribution is 7.22. The van der Waals surface area contributed by atoms with E-state index in [1.54, 1.807) is 22.3 Å². The molecule has 162 valence electrons. The molecule has 0 saturated heterocycles. The summed E-state index contributed by atoms with van der Waals surface area (Å²) in [6.45, 7) is 10.2. The number of carbonyl (C=O) groups is 1. The summed E-state index contributed by atoms with van der Waals surface area (Å²) < 4.78 is 6.62. The summed E-state index contributed by atoms with van der Waals surface area (Å²) in [4.78, 5) is 22.9. The Morgan fingerprint density at radius 3 is 2.63 bits per heavy atom. The summed E-state index contributed by atoms with van der Waals surface area (Å²) in [6.07, 6.45) is 3.52. The van der Waals surface area contributed by atoms with Crippen LogP contribution in [0.5, 0.6) is 5.75 Å². The summed E-state index contributed by atoms with van der Waals surface area (Å²) in [5, 5.41) is 2.73. The quantitative estimate of drug-likeness (QED) is 0.367. The number of carbonyl (C=O) groups excluding carboxylic acids is 1. The normalized spacial score (nSPS) is 11.2. The van der Waals surface area contributed by atoms with Crippen molar-refractivity contribution in [2.75, 3.05) is 37.7 Å². The van der Waals surface area contributed by atoms with E-state index in [0.29, 0.717) is 13.2 Å². The number of ether oxygens (including phenoxy) is 1. The van der Waals surface area contributed by atoms with Crippen LogP contribution in [0.25, 0.3) is 16.3 Å². The average molecular weight is 466 g/mol. The third-order valence-corrected chi connectivity index (χ3v) is 6.50. The minimum Gasteiger partial charge on any atom is -0.494 e. The number of fused-ring (bicyclic) bond motifs is 1. The van der Waals surface area contributed by atoms with Crippen molar-refractivity contribution in [2.45, 2.75) is 20.8 Å². The lowest BCUT2D eigenvalue weighted by atomic mass is 10.3. The van der Waals surface area contributed by atoms with Crippen molar-refractivity contribution in [3.63, 3.8) is 0 Å². The van der Waals surface area contributed by atoms with Crippen molar-refractivity contribution < 1.29 is 9.53 Å². The van der Waals surface area contributed by atoms with Gasteiger partial charge in [0.05, 0.1) is 16.8 Å². The number of rotatable bonds is 10. The Balaban J connectivity index is 0.00000320. The van der Waals surface area contributed by atoms with E-state index in [-0.39, 0.29) is 18.3 Å². The van der Waals surface area contributed by atoms with E-state index in [1.165, 1.54) is 11.3 Å². The van der Waals surface area contributed by atoms with Crippen LogP contribution >= 0.6 is 35.1 Å². The molecule has 0 bridgehead atoms. The van der Waals surface area contributed by atoms with Crippen LogP contribution in [0.2, 0.25) is 0 Å². The molecule has 0 aliphatic carbocycles. The van der Waals surface area contributed by atoms with Crippen LogP contribution in [0, 0.1) is 0 Å². The average Bonchev–Trinajstić information content (AvgIpc) is 3.39. The Kier molecular flexibility index (Phi) is 9.78. The third kappa shape index (κ3) is 6.28. The van der Waals surface area contributed by atoms with Gasteiger partial charge in [-0.05, 0) is 55.7 Å². The molecule has 0 atom stereocenters. The lowest BCUT2D eigenvalue weighted by Gasteiger charge is -2.23. The Morgan fingerprint density at radius 2 is 1.97 bits per heavy atom. The number of anilines is 1. The molecule has 0 unspecified atom stereocenters. The number of thiazole rings is 1. The van der Waals surface area contributed by atoms with Crippen molar-refractivity contribution >= 4 is 62.4 Å². The van der Waals surface area contributed by atoms with Crippen molar-refractivity contribution in [1.82, 2.24) is 9.88 Å². The van der Waals surface area contributed by atoms with Crippen molar-refractivity contribution in [3.8, 4) is 5.75 Å². The van der Waals surface area contributed by atoms with E-state index < -0.39 is 0 Å². The molecule has 0 saturated carbocycles. The first kappa shape index (κ1) is 24.3. The summed E-state index contributed by atoms with van der Waals surface area (Å²) in [5.74, 6) is 0.781. The summed E-state index contributed by atoms with van der Waals surface area (Å²) in [7, 11) is 0. The van der Waals surface area contributed by atoms with Gasteiger partial charge in [0.25, 0.3) is 5.91 Å². The molecule has 30 heavy (non-hydrogen) atoms. The van der Waals surface area contributed by atoms with Gasteiger partial charge in [-0.1, -0.05) is 31.3 Å². The first-order valence-electron chi connectivity index (χ1n) is 9.93. The second-order valence-electron chi connectivity index (χ2n) is 6.42. The summed E-state index contributed by atoms with van der Waals surface area (Å²) in [6, 6.07) is 9.86. The zero-order valence-electron chi connectivity index (χ0n) is 17.5. The fraction of sp³-hybridized carbons (Fsp3) is 0.364. The van der Waals surface area contributed by atoms with Gasteiger partial charge in [0.15, 0.2) is 5.13 Å². The standard InChI is InChI=1S/C22H27N3O2S2.ClH/c1-4-24(5-2)13-14-25(21(26)12-10-18-8-7-15-28-18)22-23-19-11-9-17(27-6-3)16-20(19)29-22;/h7-12,15-16H,4-6,13-14H2,1-3H3;1H. The van der Waals surface area contributed by atoms with Crippen LogP contribution in [0.3, 0.4) is 0 Å². The Morgan fingerprint density at radius 1 is 1.17 bits per heavy atom. The monoisotopic (exact) mass is 465 g/mol. The Hall–Kier alpha value is -1.93. The van der Waals surface area contributed by atoms with Gasteiger partial charge in [-0.2, -0.15) is 0 Å².